The van der Waals surface area contributed by atoms with E-state index in [2.05, 4.69) is 6.58 Å². The fourth-order valence-electron chi connectivity index (χ4n) is 1.64. The maximum atomic E-state index is 12.2. The molecule has 0 aliphatic carbocycles. The van der Waals surface area contributed by atoms with E-state index in [0.717, 1.165) is 0 Å². The third-order valence-corrected chi connectivity index (χ3v) is 2.50. The first-order valence-electron chi connectivity index (χ1n) is 5.75. The highest BCUT2D eigenvalue weighted by Crippen LogP contribution is 2.16. The number of ketones is 1. The number of ether oxygens (including phenoxy) is 1. The molecule has 0 amide bonds. The first-order valence-corrected chi connectivity index (χ1v) is 5.75. The molecule has 0 aliphatic heterocycles. The fraction of sp³-hybridized carbons (Fsp3) is 0.0625. The Morgan fingerprint density at radius 2 is 1.78 bits per heavy atom. The number of hydrogen-bond donors (Lipinski definition) is 0. The Balaban J connectivity index is 2.23. The lowest BCUT2D eigenvalue weighted by atomic mass is 10.0. The number of carbonyl (C=O) groups excluding carboxylic acids is 1. The molecule has 0 saturated carbocycles. The van der Waals surface area contributed by atoms with Crippen molar-refractivity contribution in [2.45, 2.75) is 0 Å². The molecule has 2 aromatic carbocycles. The predicted octanol–water partition coefficient (Wildman–Crippen LogP) is 3.48. The summed E-state index contributed by atoms with van der Waals surface area (Å²) in [7, 11) is 0. The quantitative estimate of drug-likeness (QED) is 0.589. The molecule has 0 radical (unpaired) electrons. The van der Waals surface area contributed by atoms with E-state index in [1.54, 1.807) is 30.3 Å². The minimum absolute atomic E-state index is 0.000321. The van der Waals surface area contributed by atoms with Gasteiger partial charge in [0.2, 0.25) is 0 Å². The molecule has 0 aliphatic rings. The molecule has 2 aromatic rings. The molecule has 0 atom stereocenters. The summed E-state index contributed by atoms with van der Waals surface area (Å²) in [6.07, 6.45) is 1.67. The lowest BCUT2D eigenvalue weighted by Gasteiger charge is -2.05. The molecule has 0 heterocycles. The van der Waals surface area contributed by atoms with E-state index in [1.807, 2.05) is 30.3 Å². The number of benzene rings is 2. The summed E-state index contributed by atoms with van der Waals surface area (Å²) >= 11 is 0. The topological polar surface area (TPSA) is 26.3 Å². The first kappa shape index (κ1) is 12.1. The van der Waals surface area contributed by atoms with E-state index >= 15 is 0 Å². The molecule has 2 heteroatoms. The summed E-state index contributed by atoms with van der Waals surface area (Å²) in [6.45, 7) is 4.02. The van der Waals surface area contributed by atoms with Gasteiger partial charge in [-0.05, 0) is 12.1 Å². The molecule has 90 valence electrons. The van der Waals surface area contributed by atoms with Gasteiger partial charge in [-0.2, -0.15) is 0 Å². The van der Waals surface area contributed by atoms with E-state index < -0.39 is 0 Å². The van der Waals surface area contributed by atoms with Gasteiger partial charge in [0.05, 0.1) is 0 Å². The normalized spacial score (nSPS) is 9.78. The van der Waals surface area contributed by atoms with Crippen molar-refractivity contribution in [2.24, 2.45) is 0 Å². The van der Waals surface area contributed by atoms with Crippen LogP contribution >= 0.6 is 0 Å². The van der Waals surface area contributed by atoms with Crippen molar-refractivity contribution in [3.8, 4) is 5.75 Å². The van der Waals surface area contributed by atoms with E-state index in [4.69, 9.17) is 4.74 Å². The largest absolute Gasteiger partial charge is 0.490 e. The van der Waals surface area contributed by atoms with Gasteiger partial charge in [-0.1, -0.05) is 55.1 Å². The third kappa shape index (κ3) is 2.86. The highest BCUT2D eigenvalue weighted by molar-refractivity contribution is 6.09. The Morgan fingerprint density at radius 3 is 2.50 bits per heavy atom. The van der Waals surface area contributed by atoms with Crippen molar-refractivity contribution in [3.05, 3.63) is 78.4 Å². The monoisotopic (exact) mass is 238 g/mol. The molecule has 0 bridgehead atoms. The number of carbonyl (C=O) groups is 1. The maximum absolute atomic E-state index is 12.2. The van der Waals surface area contributed by atoms with Crippen LogP contribution in [-0.4, -0.2) is 12.4 Å². The van der Waals surface area contributed by atoms with Gasteiger partial charge < -0.3 is 4.74 Å². The smallest absolute Gasteiger partial charge is 0.193 e. The van der Waals surface area contributed by atoms with Crippen molar-refractivity contribution in [2.75, 3.05) is 6.61 Å². The molecule has 0 saturated heterocycles. The van der Waals surface area contributed by atoms with Gasteiger partial charge in [0, 0.05) is 11.1 Å². The molecule has 0 aromatic heterocycles. The van der Waals surface area contributed by atoms with E-state index in [9.17, 15) is 4.79 Å². The van der Waals surface area contributed by atoms with E-state index in [0.29, 0.717) is 23.5 Å². The Labute approximate surface area is 107 Å². The van der Waals surface area contributed by atoms with Crippen LogP contribution in [0.1, 0.15) is 15.9 Å². The van der Waals surface area contributed by atoms with Crippen LogP contribution in [0.5, 0.6) is 5.75 Å². The highest BCUT2D eigenvalue weighted by atomic mass is 16.5. The third-order valence-electron chi connectivity index (χ3n) is 2.50. The molecule has 2 rings (SSSR count). The minimum atomic E-state index is -0.000321. The van der Waals surface area contributed by atoms with Crippen LogP contribution in [0.25, 0.3) is 0 Å². The lowest BCUT2D eigenvalue weighted by Crippen LogP contribution is -2.01. The predicted molar refractivity (Wildman–Crippen MR) is 72.0 cm³/mol. The summed E-state index contributed by atoms with van der Waals surface area (Å²) in [5, 5.41) is 0. The number of hydrogen-bond acceptors (Lipinski definition) is 2. The Hall–Kier alpha value is -2.35. The van der Waals surface area contributed by atoms with Crippen LogP contribution < -0.4 is 4.74 Å². The second-order valence-corrected chi connectivity index (χ2v) is 3.82. The Kier molecular flexibility index (Phi) is 3.92. The molecular formula is C16H14O2. The second-order valence-electron chi connectivity index (χ2n) is 3.82. The molecule has 0 N–H and O–H groups in total. The standard InChI is InChI=1S/C16H14O2/c1-2-11-18-15-10-6-9-14(12-15)16(17)13-7-4-3-5-8-13/h2-10,12H,1,11H2. The van der Waals surface area contributed by atoms with Gasteiger partial charge in [0.25, 0.3) is 0 Å². The van der Waals surface area contributed by atoms with Crippen molar-refractivity contribution in [3.63, 3.8) is 0 Å². The molecule has 0 fully saturated rings. The van der Waals surface area contributed by atoms with Gasteiger partial charge in [-0.3, -0.25) is 4.79 Å². The molecule has 2 nitrogen and oxygen atoms in total. The van der Waals surface area contributed by atoms with Gasteiger partial charge in [-0.25, -0.2) is 0 Å². The summed E-state index contributed by atoms with van der Waals surface area (Å²) in [6, 6.07) is 16.4. The Bertz CT molecular complexity index is 544. The van der Waals surface area contributed by atoms with Crippen molar-refractivity contribution in [1.82, 2.24) is 0 Å². The van der Waals surface area contributed by atoms with Gasteiger partial charge in [0.1, 0.15) is 12.4 Å². The average molecular weight is 238 g/mol. The second kappa shape index (κ2) is 5.82. The zero-order valence-electron chi connectivity index (χ0n) is 10.0. The molecule has 0 unspecified atom stereocenters. The van der Waals surface area contributed by atoms with Crippen LogP contribution in [0.3, 0.4) is 0 Å². The van der Waals surface area contributed by atoms with Crippen molar-refractivity contribution >= 4 is 5.78 Å². The van der Waals surface area contributed by atoms with Gasteiger partial charge in [-0.15, -0.1) is 0 Å². The van der Waals surface area contributed by atoms with Crippen LogP contribution in [0, 0.1) is 0 Å². The van der Waals surface area contributed by atoms with Crippen LogP contribution in [0.2, 0.25) is 0 Å². The van der Waals surface area contributed by atoms with E-state index in [-0.39, 0.29) is 5.78 Å². The molecule has 18 heavy (non-hydrogen) atoms. The minimum Gasteiger partial charge on any atom is -0.490 e. The zero-order chi connectivity index (χ0) is 12.8. The lowest BCUT2D eigenvalue weighted by molar-refractivity contribution is 0.103. The van der Waals surface area contributed by atoms with Crippen molar-refractivity contribution in [1.29, 1.82) is 0 Å². The summed E-state index contributed by atoms with van der Waals surface area (Å²) in [5.41, 5.74) is 1.31. The van der Waals surface area contributed by atoms with Gasteiger partial charge in [0.15, 0.2) is 5.78 Å². The maximum Gasteiger partial charge on any atom is 0.193 e. The SMILES string of the molecule is C=CCOc1cccc(C(=O)c2ccccc2)c1. The average Bonchev–Trinajstić information content (AvgIpc) is 2.45. The van der Waals surface area contributed by atoms with Gasteiger partial charge >= 0.3 is 0 Å². The Morgan fingerprint density at radius 1 is 1.06 bits per heavy atom. The molecule has 0 spiro atoms. The van der Waals surface area contributed by atoms with Crippen LogP contribution in [0.15, 0.2) is 67.3 Å². The van der Waals surface area contributed by atoms with Crippen LogP contribution in [0.4, 0.5) is 0 Å². The molecular weight excluding hydrogens is 224 g/mol. The number of rotatable bonds is 5. The van der Waals surface area contributed by atoms with E-state index in [1.165, 1.54) is 0 Å². The van der Waals surface area contributed by atoms with Crippen molar-refractivity contribution < 1.29 is 9.53 Å². The van der Waals surface area contributed by atoms with Crippen LogP contribution in [-0.2, 0) is 0 Å². The fourth-order valence-corrected chi connectivity index (χ4v) is 1.64. The highest BCUT2D eigenvalue weighted by Gasteiger charge is 2.08. The first-order chi connectivity index (χ1) is 8.81. The summed E-state index contributed by atoms with van der Waals surface area (Å²) < 4.78 is 5.41. The zero-order valence-corrected chi connectivity index (χ0v) is 10.0. The summed E-state index contributed by atoms with van der Waals surface area (Å²) in [4.78, 5) is 12.2. The summed E-state index contributed by atoms with van der Waals surface area (Å²) in [5.74, 6) is 0.677.